The summed E-state index contributed by atoms with van der Waals surface area (Å²) < 4.78 is 9.87. The number of nitrogens with zero attached hydrogens (tertiary/aromatic N) is 1. The number of amides is 4. The van der Waals surface area contributed by atoms with Gasteiger partial charge in [0.25, 0.3) is 0 Å². The van der Waals surface area contributed by atoms with Crippen molar-refractivity contribution in [1.29, 1.82) is 0 Å². The number of ether oxygens (including phenoxy) is 2. The van der Waals surface area contributed by atoms with E-state index in [1.54, 1.807) is 53.7 Å². The summed E-state index contributed by atoms with van der Waals surface area (Å²) in [5, 5.41) is 4.93. The first-order valence-electron chi connectivity index (χ1n) is 12.0. The number of nitrogens with one attached hydrogen (secondary N) is 2. The van der Waals surface area contributed by atoms with Crippen molar-refractivity contribution < 1.29 is 33.4 Å². The molecule has 0 saturated carbocycles. The number of primary amides is 1. The molecule has 2 unspecified atom stereocenters. The number of alkyl carbamates (subject to hydrolysis) is 1. The first-order valence-corrected chi connectivity index (χ1v) is 12.0. The highest BCUT2D eigenvalue weighted by Crippen LogP contribution is 2.30. The summed E-state index contributed by atoms with van der Waals surface area (Å²) in [5.74, 6) is -2.87. The number of aryl methyl sites for hydroxylation is 1. The maximum Gasteiger partial charge on any atom is 0.408 e. The van der Waals surface area contributed by atoms with E-state index >= 15 is 0 Å². The van der Waals surface area contributed by atoms with E-state index in [0.717, 1.165) is 12.0 Å². The quantitative estimate of drug-likeness (QED) is 0.398. The first-order chi connectivity index (χ1) is 17.0. The van der Waals surface area contributed by atoms with Gasteiger partial charge in [-0.2, -0.15) is 0 Å². The van der Waals surface area contributed by atoms with Crippen LogP contribution in [0.15, 0.2) is 24.3 Å². The lowest BCUT2D eigenvalue weighted by molar-refractivity contribution is -0.150. The van der Waals surface area contributed by atoms with Crippen molar-refractivity contribution in [2.24, 2.45) is 5.73 Å². The lowest BCUT2D eigenvalue weighted by Gasteiger charge is -2.43. The molecule has 1 rings (SSSR count). The molecule has 0 bridgehead atoms. The normalized spacial score (nSPS) is 13.1. The van der Waals surface area contributed by atoms with Crippen molar-refractivity contribution in [1.82, 2.24) is 15.5 Å². The van der Waals surface area contributed by atoms with E-state index in [1.807, 2.05) is 19.1 Å². The number of esters is 1. The molecule has 37 heavy (non-hydrogen) atoms. The molecule has 0 radical (unpaired) electrons. The van der Waals surface area contributed by atoms with Crippen LogP contribution >= 0.6 is 0 Å². The zero-order valence-corrected chi connectivity index (χ0v) is 23.0. The third-order valence-corrected chi connectivity index (χ3v) is 5.20. The summed E-state index contributed by atoms with van der Waals surface area (Å²) in [4.78, 5) is 64.7. The Hall–Kier alpha value is -3.63. The largest absolute Gasteiger partial charge is 0.468 e. The minimum absolute atomic E-state index is 0.411. The Kier molecular flexibility index (Phi) is 11.1. The van der Waals surface area contributed by atoms with Crippen molar-refractivity contribution in [2.75, 3.05) is 13.7 Å². The minimum Gasteiger partial charge on any atom is -0.468 e. The van der Waals surface area contributed by atoms with Gasteiger partial charge in [0.05, 0.1) is 13.5 Å². The van der Waals surface area contributed by atoms with Crippen molar-refractivity contribution >= 4 is 29.8 Å². The molecule has 0 saturated heterocycles. The van der Waals surface area contributed by atoms with Crippen molar-refractivity contribution in [3.8, 4) is 0 Å². The summed E-state index contributed by atoms with van der Waals surface area (Å²) in [6.45, 7) is 11.7. The Balaban J connectivity index is 3.57. The molecule has 4 N–H and O–H groups in total. The van der Waals surface area contributed by atoms with E-state index in [0.29, 0.717) is 5.56 Å². The molecular weight excluding hydrogens is 480 g/mol. The molecule has 206 valence electrons. The molecule has 0 aliphatic rings. The molecule has 4 amide bonds. The number of carbonyl (C=O) groups is 5. The summed E-state index contributed by atoms with van der Waals surface area (Å²) in [7, 11) is 1.19. The second kappa shape index (κ2) is 13.1. The fraction of sp³-hybridized carbons (Fsp3) is 0.577. The number of hydrogen-bond acceptors (Lipinski definition) is 7. The molecule has 2 atom stereocenters. The van der Waals surface area contributed by atoms with Gasteiger partial charge in [0, 0.05) is 5.54 Å². The Morgan fingerprint density at radius 1 is 1.00 bits per heavy atom. The first kappa shape index (κ1) is 31.4. The highest BCUT2D eigenvalue weighted by atomic mass is 16.6. The smallest absolute Gasteiger partial charge is 0.408 e. The predicted octanol–water partition coefficient (Wildman–Crippen LogP) is 1.98. The van der Waals surface area contributed by atoms with Crippen LogP contribution in [0.5, 0.6) is 0 Å². The van der Waals surface area contributed by atoms with Gasteiger partial charge in [-0.3, -0.25) is 19.2 Å². The predicted molar refractivity (Wildman–Crippen MR) is 137 cm³/mol. The molecule has 11 nitrogen and oxygen atoms in total. The van der Waals surface area contributed by atoms with Crippen LogP contribution in [0.1, 0.15) is 72.1 Å². The summed E-state index contributed by atoms with van der Waals surface area (Å²) >= 11 is 0. The van der Waals surface area contributed by atoms with Crippen LogP contribution in [-0.2, 0) is 35.1 Å². The van der Waals surface area contributed by atoms with E-state index in [4.69, 9.17) is 10.5 Å². The third kappa shape index (κ3) is 10.1. The van der Waals surface area contributed by atoms with Crippen LogP contribution in [0.25, 0.3) is 0 Å². The summed E-state index contributed by atoms with van der Waals surface area (Å²) in [6.07, 6.45) is -0.669. The summed E-state index contributed by atoms with van der Waals surface area (Å²) in [6, 6.07) is 4.49. The number of hydrogen-bond donors (Lipinski definition) is 3. The molecule has 11 heteroatoms. The van der Waals surface area contributed by atoms with Crippen molar-refractivity contribution in [3.05, 3.63) is 35.4 Å². The Bertz CT molecular complexity index is 978. The van der Waals surface area contributed by atoms with Gasteiger partial charge in [0.15, 0.2) is 0 Å². The topological polar surface area (TPSA) is 157 Å². The lowest BCUT2D eigenvalue weighted by Crippen LogP contribution is -2.59. The number of nitrogens with two attached hydrogens (primary N) is 1. The summed E-state index contributed by atoms with van der Waals surface area (Å²) in [5.41, 5.74) is 5.05. The Morgan fingerprint density at radius 3 is 2.00 bits per heavy atom. The van der Waals surface area contributed by atoms with Gasteiger partial charge in [-0.15, -0.1) is 0 Å². The average Bonchev–Trinajstić information content (AvgIpc) is 2.77. The van der Waals surface area contributed by atoms with Crippen LogP contribution in [0.2, 0.25) is 0 Å². The van der Waals surface area contributed by atoms with E-state index in [-0.39, 0.29) is 0 Å². The van der Waals surface area contributed by atoms with E-state index in [2.05, 4.69) is 15.4 Å². The molecule has 0 aromatic heterocycles. The highest BCUT2D eigenvalue weighted by Gasteiger charge is 2.42. The van der Waals surface area contributed by atoms with Gasteiger partial charge in [-0.1, -0.05) is 31.2 Å². The van der Waals surface area contributed by atoms with Crippen LogP contribution in [0.3, 0.4) is 0 Å². The van der Waals surface area contributed by atoms with Gasteiger partial charge in [-0.25, -0.2) is 4.79 Å². The Labute approximate surface area is 218 Å². The third-order valence-electron chi connectivity index (χ3n) is 5.20. The lowest BCUT2D eigenvalue weighted by atomic mass is 9.94. The van der Waals surface area contributed by atoms with Gasteiger partial charge >= 0.3 is 12.1 Å². The molecule has 0 aliphatic carbocycles. The second-order valence-electron chi connectivity index (χ2n) is 10.5. The molecule has 0 fully saturated rings. The van der Waals surface area contributed by atoms with E-state index in [9.17, 15) is 24.0 Å². The maximum atomic E-state index is 13.9. The molecule has 1 aromatic carbocycles. The SMILES string of the molecule is CCc1ccc(C(C(=O)NCC(=O)OC)N(C(=O)C(CC(N)=O)NC(=O)OC(C)(C)C)C(C)(C)C)cc1. The van der Waals surface area contributed by atoms with Gasteiger partial charge in [0.1, 0.15) is 24.2 Å². The van der Waals surface area contributed by atoms with Crippen molar-refractivity contribution in [2.45, 2.75) is 84.5 Å². The molecule has 0 aliphatic heterocycles. The van der Waals surface area contributed by atoms with Gasteiger partial charge in [-0.05, 0) is 59.1 Å². The minimum atomic E-state index is -1.41. The Morgan fingerprint density at radius 2 is 1.57 bits per heavy atom. The molecule has 1 aromatic rings. The van der Waals surface area contributed by atoms with Crippen molar-refractivity contribution in [3.63, 3.8) is 0 Å². The monoisotopic (exact) mass is 520 g/mol. The van der Waals surface area contributed by atoms with Crippen LogP contribution < -0.4 is 16.4 Å². The zero-order valence-electron chi connectivity index (χ0n) is 23.0. The molecule has 0 spiro atoms. The van der Waals surface area contributed by atoms with E-state index in [1.165, 1.54) is 12.0 Å². The fourth-order valence-corrected chi connectivity index (χ4v) is 3.55. The van der Waals surface area contributed by atoms with Crippen LogP contribution in [-0.4, -0.2) is 65.5 Å². The van der Waals surface area contributed by atoms with Gasteiger partial charge in [0.2, 0.25) is 17.7 Å². The van der Waals surface area contributed by atoms with Gasteiger partial charge < -0.3 is 30.7 Å². The molecule has 0 heterocycles. The maximum absolute atomic E-state index is 13.9. The second-order valence-corrected chi connectivity index (χ2v) is 10.5. The number of methoxy groups -OCH3 is 1. The zero-order chi connectivity index (χ0) is 28.6. The number of benzene rings is 1. The van der Waals surface area contributed by atoms with Crippen LogP contribution in [0.4, 0.5) is 4.79 Å². The molecular formula is C26H40N4O7. The van der Waals surface area contributed by atoms with Crippen LogP contribution in [0, 0.1) is 0 Å². The number of rotatable bonds is 10. The highest BCUT2D eigenvalue weighted by molar-refractivity contribution is 5.95. The van der Waals surface area contributed by atoms with E-state index < -0.39 is 66.0 Å². The average molecular weight is 521 g/mol. The standard InChI is InChI=1S/C26H40N4O7/c1-9-16-10-12-17(13-11-16)21(22(33)28-15-20(32)36-8)30(25(2,3)4)23(34)18(14-19(27)31)29-24(35)37-26(5,6)7/h10-13,18,21H,9,14-15H2,1-8H3,(H2,27,31)(H,28,33)(H,29,35). The fourth-order valence-electron chi connectivity index (χ4n) is 3.55. The number of carbonyl (C=O) groups excluding carboxylic acids is 5.